The maximum absolute atomic E-state index is 11.8. The van der Waals surface area contributed by atoms with Crippen molar-refractivity contribution in [1.82, 2.24) is 15.5 Å². The van der Waals surface area contributed by atoms with Crippen LogP contribution in [0.2, 0.25) is 0 Å². The predicted molar refractivity (Wildman–Crippen MR) is 73.6 cm³/mol. The number of rotatable bonds is 3. The summed E-state index contributed by atoms with van der Waals surface area (Å²) in [5.74, 6) is 5.20. The number of carbonyl (C=O) groups excluding carboxylic acids is 1. The normalized spacial score (nSPS) is 9.45. The Hall–Kier alpha value is -2.71. The van der Waals surface area contributed by atoms with E-state index < -0.39 is 0 Å². The first-order chi connectivity index (χ1) is 9.79. The van der Waals surface area contributed by atoms with Crippen LogP contribution in [0.15, 0.2) is 42.7 Å². The summed E-state index contributed by atoms with van der Waals surface area (Å²) in [6.07, 6.45) is 2.90. The maximum Gasteiger partial charge on any atom is 0.253 e. The Labute approximate surface area is 116 Å². The largest absolute Gasteiger partial charge is 0.384 e. The van der Waals surface area contributed by atoms with Crippen molar-refractivity contribution in [2.75, 3.05) is 6.61 Å². The summed E-state index contributed by atoms with van der Waals surface area (Å²) in [6, 6.07) is 9.06. The fourth-order valence-corrected chi connectivity index (χ4v) is 1.56. The van der Waals surface area contributed by atoms with Crippen molar-refractivity contribution in [2.24, 2.45) is 0 Å². The van der Waals surface area contributed by atoms with Gasteiger partial charge in [-0.3, -0.25) is 4.79 Å². The van der Waals surface area contributed by atoms with Crippen LogP contribution in [-0.2, 0) is 6.54 Å². The minimum absolute atomic E-state index is 0.155. The highest BCUT2D eigenvalue weighted by Crippen LogP contribution is 2.03. The third kappa shape index (κ3) is 3.90. The van der Waals surface area contributed by atoms with Crippen molar-refractivity contribution < 1.29 is 9.90 Å². The Morgan fingerprint density at radius 3 is 2.65 bits per heavy atom. The second-order valence-electron chi connectivity index (χ2n) is 3.97. The van der Waals surface area contributed by atoms with Gasteiger partial charge in [0.1, 0.15) is 6.61 Å². The number of aromatic nitrogens is 2. The molecule has 1 heterocycles. The molecule has 0 radical (unpaired) electrons. The number of aliphatic hydroxyl groups is 1. The van der Waals surface area contributed by atoms with Gasteiger partial charge in [-0.15, -0.1) is 0 Å². The lowest BCUT2D eigenvalue weighted by Gasteiger charge is -2.05. The molecule has 0 spiro atoms. The van der Waals surface area contributed by atoms with Crippen molar-refractivity contribution >= 4 is 5.91 Å². The quantitative estimate of drug-likeness (QED) is 0.805. The molecule has 2 rings (SSSR count). The van der Waals surface area contributed by atoms with E-state index in [1.807, 2.05) is 24.3 Å². The fraction of sp³-hybridized carbons (Fsp3) is 0.133. The molecule has 0 aliphatic heterocycles. The molecule has 1 amide bonds. The van der Waals surface area contributed by atoms with Gasteiger partial charge in [0.15, 0.2) is 0 Å². The SMILES string of the molecule is O=C(NCc1ccc(C#CCO)cc1)c1ccnnc1. The minimum atomic E-state index is -0.191. The first kappa shape index (κ1) is 13.7. The minimum Gasteiger partial charge on any atom is -0.384 e. The van der Waals surface area contributed by atoms with Gasteiger partial charge in [0.05, 0.1) is 18.0 Å². The van der Waals surface area contributed by atoms with Crippen LogP contribution < -0.4 is 5.32 Å². The molecule has 2 N–H and O–H groups in total. The van der Waals surface area contributed by atoms with Crippen LogP contribution in [0.4, 0.5) is 0 Å². The molecule has 0 aliphatic rings. The molecule has 0 aliphatic carbocycles. The Balaban J connectivity index is 1.93. The van der Waals surface area contributed by atoms with E-state index >= 15 is 0 Å². The lowest BCUT2D eigenvalue weighted by atomic mass is 10.1. The third-order valence-corrected chi connectivity index (χ3v) is 2.57. The van der Waals surface area contributed by atoms with E-state index in [2.05, 4.69) is 27.4 Å². The highest BCUT2D eigenvalue weighted by Gasteiger charge is 2.04. The molecule has 0 unspecified atom stereocenters. The number of carbonyl (C=O) groups is 1. The number of hydrogen-bond donors (Lipinski definition) is 2. The van der Waals surface area contributed by atoms with Crippen LogP contribution in [0.5, 0.6) is 0 Å². The molecular formula is C15H13N3O2. The average Bonchev–Trinajstić information content (AvgIpc) is 2.52. The molecule has 0 atom stereocenters. The van der Waals surface area contributed by atoms with Crippen molar-refractivity contribution in [2.45, 2.75) is 6.54 Å². The summed E-state index contributed by atoms with van der Waals surface area (Å²) in [5, 5.41) is 18.7. The van der Waals surface area contributed by atoms with E-state index in [1.165, 1.54) is 12.4 Å². The lowest BCUT2D eigenvalue weighted by Crippen LogP contribution is -2.22. The number of aliphatic hydroxyl groups excluding tert-OH is 1. The molecule has 2 aromatic rings. The number of hydrogen-bond acceptors (Lipinski definition) is 4. The van der Waals surface area contributed by atoms with Crippen molar-refractivity contribution in [3.05, 3.63) is 59.4 Å². The van der Waals surface area contributed by atoms with Crippen LogP contribution >= 0.6 is 0 Å². The van der Waals surface area contributed by atoms with Gasteiger partial charge in [0.2, 0.25) is 0 Å². The standard InChI is InChI=1S/C15H13N3O2/c19-9-1-2-12-3-5-13(6-4-12)10-16-15(20)14-7-8-17-18-11-14/h3-8,11,19H,9-10H2,(H,16,20). The van der Waals surface area contributed by atoms with Crippen molar-refractivity contribution in [3.8, 4) is 11.8 Å². The lowest BCUT2D eigenvalue weighted by molar-refractivity contribution is 0.0950. The molecule has 1 aromatic heterocycles. The highest BCUT2D eigenvalue weighted by atomic mass is 16.2. The van der Waals surface area contributed by atoms with Gasteiger partial charge in [-0.25, -0.2) is 0 Å². The topological polar surface area (TPSA) is 75.1 Å². The van der Waals surface area contributed by atoms with Crippen LogP contribution in [-0.4, -0.2) is 27.8 Å². The van der Waals surface area contributed by atoms with Crippen molar-refractivity contribution in [3.63, 3.8) is 0 Å². The van der Waals surface area contributed by atoms with E-state index in [1.54, 1.807) is 6.07 Å². The van der Waals surface area contributed by atoms with Crippen LogP contribution in [0.1, 0.15) is 21.5 Å². The Kier molecular flexibility index (Phi) is 4.81. The smallest absolute Gasteiger partial charge is 0.253 e. The Morgan fingerprint density at radius 1 is 1.20 bits per heavy atom. The molecule has 1 aromatic carbocycles. The van der Waals surface area contributed by atoms with Crippen molar-refractivity contribution in [1.29, 1.82) is 0 Å². The second-order valence-corrected chi connectivity index (χ2v) is 3.97. The summed E-state index contributed by atoms with van der Waals surface area (Å²) in [5.41, 5.74) is 2.27. The van der Waals surface area contributed by atoms with E-state index in [0.717, 1.165) is 11.1 Å². The van der Waals surface area contributed by atoms with Crippen LogP contribution in [0, 0.1) is 11.8 Å². The summed E-state index contributed by atoms with van der Waals surface area (Å²) in [7, 11) is 0. The summed E-state index contributed by atoms with van der Waals surface area (Å²) in [6.45, 7) is 0.270. The highest BCUT2D eigenvalue weighted by molar-refractivity contribution is 5.93. The van der Waals surface area contributed by atoms with E-state index in [0.29, 0.717) is 12.1 Å². The maximum atomic E-state index is 11.8. The third-order valence-electron chi connectivity index (χ3n) is 2.57. The van der Waals surface area contributed by atoms with E-state index in [-0.39, 0.29) is 12.5 Å². The molecular weight excluding hydrogens is 254 g/mol. The predicted octanol–water partition coefficient (Wildman–Crippen LogP) is 0.750. The summed E-state index contributed by atoms with van der Waals surface area (Å²) in [4.78, 5) is 11.8. The number of nitrogens with one attached hydrogen (secondary N) is 1. The van der Waals surface area contributed by atoms with Gasteiger partial charge in [-0.1, -0.05) is 24.0 Å². The van der Waals surface area contributed by atoms with Gasteiger partial charge in [-0.2, -0.15) is 10.2 Å². The van der Waals surface area contributed by atoms with E-state index in [4.69, 9.17) is 5.11 Å². The number of benzene rings is 1. The first-order valence-corrected chi connectivity index (χ1v) is 6.03. The summed E-state index contributed by atoms with van der Waals surface area (Å²) >= 11 is 0. The fourth-order valence-electron chi connectivity index (χ4n) is 1.56. The second kappa shape index (κ2) is 7.02. The number of amides is 1. The molecule has 0 saturated heterocycles. The summed E-state index contributed by atoms with van der Waals surface area (Å²) < 4.78 is 0. The van der Waals surface area contributed by atoms with Gasteiger partial charge in [-0.05, 0) is 23.8 Å². The molecule has 20 heavy (non-hydrogen) atoms. The zero-order chi connectivity index (χ0) is 14.2. The van der Waals surface area contributed by atoms with Gasteiger partial charge >= 0.3 is 0 Å². The first-order valence-electron chi connectivity index (χ1n) is 6.03. The Morgan fingerprint density at radius 2 is 2.00 bits per heavy atom. The Bertz CT molecular complexity index is 628. The zero-order valence-corrected chi connectivity index (χ0v) is 10.7. The zero-order valence-electron chi connectivity index (χ0n) is 10.7. The molecule has 5 nitrogen and oxygen atoms in total. The molecule has 5 heteroatoms. The van der Waals surface area contributed by atoms with Crippen LogP contribution in [0.25, 0.3) is 0 Å². The molecule has 0 saturated carbocycles. The molecule has 0 bridgehead atoms. The van der Waals surface area contributed by atoms with Crippen LogP contribution in [0.3, 0.4) is 0 Å². The van der Waals surface area contributed by atoms with Gasteiger partial charge < -0.3 is 10.4 Å². The van der Waals surface area contributed by atoms with Gasteiger partial charge in [0, 0.05) is 12.1 Å². The average molecular weight is 267 g/mol. The van der Waals surface area contributed by atoms with E-state index in [9.17, 15) is 4.79 Å². The number of nitrogens with zero attached hydrogens (tertiary/aromatic N) is 2. The monoisotopic (exact) mass is 267 g/mol. The molecule has 0 fully saturated rings. The van der Waals surface area contributed by atoms with Gasteiger partial charge in [0.25, 0.3) is 5.91 Å². The molecule has 100 valence electrons.